The highest BCUT2D eigenvalue weighted by molar-refractivity contribution is 7.11. The van der Waals surface area contributed by atoms with Crippen LogP contribution in [-0.4, -0.2) is 68.7 Å². The van der Waals surface area contributed by atoms with Crippen LogP contribution in [0.1, 0.15) is 30.2 Å². The van der Waals surface area contributed by atoms with Crippen LogP contribution in [0.3, 0.4) is 0 Å². The third-order valence-corrected chi connectivity index (χ3v) is 4.62. The number of hydrogen-bond acceptors (Lipinski definition) is 5. The van der Waals surface area contributed by atoms with Crippen molar-refractivity contribution in [3.63, 3.8) is 0 Å². The van der Waals surface area contributed by atoms with E-state index in [9.17, 15) is 4.79 Å². The number of rotatable bonds is 11. The van der Waals surface area contributed by atoms with E-state index in [1.165, 1.54) is 9.78 Å². The number of aromatic nitrogens is 1. The van der Waals surface area contributed by atoms with Crippen molar-refractivity contribution in [1.82, 2.24) is 20.5 Å². The number of nitrogens with one attached hydrogen (secondary N) is 2. The van der Waals surface area contributed by atoms with Crippen LogP contribution in [0.2, 0.25) is 0 Å². The van der Waals surface area contributed by atoms with Gasteiger partial charge in [0.2, 0.25) is 5.91 Å². The molecule has 0 aromatic carbocycles. The van der Waals surface area contributed by atoms with Crippen LogP contribution >= 0.6 is 11.3 Å². The summed E-state index contributed by atoms with van der Waals surface area (Å²) in [4.78, 5) is 23.3. The Morgan fingerprint density at radius 2 is 2.08 bits per heavy atom. The molecule has 0 atom stereocenters. The van der Waals surface area contributed by atoms with Gasteiger partial charge in [-0.15, -0.1) is 11.3 Å². The highest BCUT2D eigenvalue weighted by atomic mass is 32.1. The topological polar surface area (TPSA) is 78.8 Å². The molecule has 0 saturated carbocycles. The molecule has 2 N–H and O–H groups in total. The van der Waals surface area contributed by atoms with Crippen molar-refractivity contribution in [2.24, 2.45) is 4.99 Å². The molecule has 0 radical (unpaired) electrons. The predicted octanol–water partition coefficient (Wildman–Crippen LogP) is 1.30. The lowest BCUT2D eigenvalue weighted by atomic mass is 10.4. The van der Waals surface area contributed by atoms with Crippen LogP contribution in [0.5, 0.6) is 0 Å². The first-order chi connectivity index (χ1) is 12.1. The molecule has 1 amide bonds. The monoisotopic (exact) mass is 369 g/mol. The molecular weight excluding hydrogens is 338 g/mol. The van der Waals surface area contributed by atoms with Crippen molar-refractivity contribution in [1.29, 1.82) is 0 Å². The minimum atomic E-state index is -0.0251. The molecule has 25 heavy (non-hydrogen) atoms. The first-order valence-electron chi connectivity index (χ1n) is 8.80. The number of hydrogen-bond donors (Lipinski definition) is 2. The molecule has 142 valence electrons. The number of aryl methyl sites for hydroxylation is 1. The molecule has 1 aromatic rings. The number of thiazole rings is 1. The fourth-order valence-electron chi connectivity index (χ4n) is 1.90. The van der Waals surface area contributed by atoms with Crippen molar-refractivity contribution in [3.05, 3.63) is 16.1 Å². The zero-order valence-electron chi connectivity index (χ0n) is 15.8. The van der Waals surface area contributed by atoms with E-state index >= 15 is 0 Å². The summed E-state index contributed by atoms with van der Waals surface area (Å²) in [6.07, 6.45) is 4.69. The SMILES string of the molecule is CCOCCCNC(=NCC(=O)N(C)C)NCCc1ncc(CC)s1. The van der Waals surface area contributed by atoms with Gasteiger partial charge in [0.15, 0.2) is 5.96 Å². The van der Waals surface area contributed by atoms with Crippen LogP contribution in [0.4, 0.5) is 0 Å². The van der Waals surface area contributed by atoms with Crippen LogP contribution in [0.15, 0.2) is 11.2 Å². The van der Waals surface area contributed by atoms with Gasteiger partial charge in [-0.2, -0.15) is 0 Å². The number of amides is 1. The van der Waals surface area contributed by atoms with E-state index in [4.69, 9.17) is 4.74 Å². The van der Waals surface area contributed by atoms with E-state index in [-0.39, 0.29) is 12.5 Å². The molecule has 0 aliphatic carbocycles. The van der Waals surface area contributed by atoms with Crippen LogP contribution in [-0.2, 0) is 22.4 Å². The van der Waals surface area contributed by atoms with Gasteiger partial charge in [0, 0.05) is 57.9 Å². The van der Waals surface area contributed by atoms with E-state index in [0.717, 1.165) is 44.0 Å². The van der Waals surface area contributed by atoms with Gasteiger partial charge in [-0.05, 0) is 19.8 Å². The number of guanidine groups is 1. The summed E-state index contributed by atoms with van der Waals surface area (Å²) in [6.45, 7) is 7.16. The maximum atomic E-state index is 11.7. The van der Waals surface area contributed by atoms with Crippen molar-refractivity contribution >= 4 is 23.2 Å². The van der Waals surface area contributed by atoms with Gasteiger partial charge in [-0.1, -0.05) is 6.92 Å². The second-order valence-corrected chi connectivity index (χ2v) is 6.88. The number of carbonyl (C=O) groups is 1. The largest absolute Gasteiger partial charge is 0.382 e. The van der Waals surface area contributed by atoms with Gasteiger partial charge < -0.3 is 20.3 Å². The van der Waals surface area contributed by atoms with Crippen molar-refractivity contribution < 1.29 is 9.53 Å². The molecule has 1 rings (SSSR count). The third kappa shape index (κ3) is 9.40. The van der Waals surface area contributed by atoms with Gasteiger partial charge in [0.1, 0.15) is 6.54 Å². The van der Waals surface area contributed by atoms with Gasteiger partial charge in [0.25, 0.3) is 0 Å². The molecule has 8 heteroatoms. The fraction of sp³-hybridized carbons (Fsp3) is 0.706. The zero-order chi connectivity index (χ0) is 18.5. The quantitative estimate of drug-likeness (QED) is 0.349. The lowest BCUT2D eigenvalue weighted by Gasteiger charge is -2.13. The van der Waals surface area contributed by atoms with Crippen molar-refractivity contribution in [3.8, 4) is 0 Å². The summed E-state index contributed by atoms with van der Waals surface area (Å²) >= 11 is 1.74. The van der Waals surface area contributed by atoms with Crippen LogP contribution in [0.25, 0.3) is 0 Å². The Labute approximate surface area is 154 Å². The summed E-state index contributed by atoms with van der Waals surface area (Å²) in [7, 11) is 3.46. The first kappa shape index (κ1) is 21.4. The zero-order valence-corrected chi connectivity index (χ0v) is 16.6. The molecular formula is C17H31N5O2S. The third-order valence-electron chi connectivity index (χ3n) is 3.41. The van der Waals surface area contributed by atoms with Gasteiger partial charge in [0.05, 0.1) is 5.01 Å². The van der Waals surface area contributed by atoms with Gasteiger partial charge in [-0.25, -0.2) is 9.98 Å². The second kappa shape index (κ2) is 12.7. The predicted molar refractivity (Wildman–Crippen MR) is 103 cm³/mol. The van der Waals surface area contributed by atoms with E-state index in [0.29, 0.717) is 12.6 Å². The molecule has 0 spiro atoms. The number of aliphatic imine (C=N–C) groups is 1. The molecule has 0 aliphatic rings. The molecule has 0 aliphatic heterocycles. The molecule has 0 unspecified atom stereocenters. The standard InChI is InChI=1S/C17H31N5O2S/c1-5-14-12-20-15(25-14)8-10-19-17(18-9-7-11-24-6-2)21-13-16(23)22(3)4/h12H,5-11,13H2,1-4H3,(H2,18,19,21). The van der Waals surface area contributed by atoms with E-state index in [1.807, 2.05) is 13.1 Å². The summed E-state index contributed by atoms with van der Waals surface area (Å²) in [6, 6.07) is 0. The Kier molecular flexibility index (Phi) is 10.8. The number of carbonyl (C=O) groups excluding carboxylic acids is 1. The summed E-state index contributed by atoms with van der Waals surface area (Å²) < 4.78 is 5.33. The number of ether oxygens (including phenoxy) is 1. The smallest absolute Gasteiger partial charge is 0.243 e. The fourth-order valence-corrected chi connectivity index (χ4v) is 2.76. The summed E-state index contributed by atoms with van der Waals surface area (Å²) in [5.74, 6) is 0.627. The van der Waals surface area contributed by atoms with E-state index < -0.39 is 0 Å². The number of likely N-dealkylation sites (N-methyl/N-ethyl adjacent to an activating group) is 1. The van der Waals surface area contributed by atoms with Crippen LogP contribution in [0, 0.1) is 0 Å². The molecule has 0 bridgehead atoms. The molecule has 7 nitrogen and oxygen atoms in total. The highest BCUT2D eigenvalue weighted by Gasteiger charge is 2.05. The first-order valence-corrected chi connectivity index (χ1v) is 9.62. The van der Waals surface area contributed by atoms with Gasteiger partial charge >= 0.3 is 0 Å². The molecule has 0 fully saturated rings. The van der Waals surface area contributed by atoms with E-state index in [2.05, 4.69) is 27.5 Å². The second-order valence-electron chi connectivity index (χ2n) is 5.68. The summed E-state index contributed by atoms with van der Waals surface area (Å²) in [5.41, 5.74) is 0. The maximum absolute atomic E-state index is 11.7. The number of nitrogens with zero attached hydrogens (tertiary/aromatic N) is 3. The average molecular weight is 370 g/mol. The van der Waals surface area contributed by atoms with E-state index in [1.54, 1.807) is 25.4 Å². The minimum Gasteiger partial charge on any atom is -0.382 e. The average Bonchev–Trinajstić information content (AvgIpc) is 3.06. The normalized spacial score (nSPS) is 11.4. The Bertz CT molecular complexity index is 531. The maximum Gasteiger partial charge on any atom is 0.243 e. The summed E-state index contributed by atoms with van der Waals surface area (Å²) in [5, 5.41) is 7.64. The minimum absolute atomic E-state index is 0.0251. The van der Waals surface area contributed by atoms with Crippen LogP contribution < -0.4 is 10.6 Å². The molecule has 1 aromatic heterocycles. The van der Waals surface area contributed by atoms with Crippen molar-refractivity contribution in [2.45, 2.75) is 33.1 Å². The molecule has 1 heterocycles. The highest BCUT2D eigenvalue weighted by Crippen LogP contribution is 2.13. The Morgan fingerprint density at radius 3 is 2.72 bits per heavy atom. The lowest BCUT2D eigenvalue weighted by molar-refractivity contribution is -0.127. The molecule has 0 saturated heterocycles. The lowest BCUT2D eigenvalue weighted by Crippen LogP contribution is -2.40. The van der Waals surface area contributed by atoms with Crippen molar-refractivity contribution in [2.75, 3.05) is 46.9 Å². The Hall–Kier alpha value is -1.67. The van der Waals surface area contributed by atoms with Gasteiger partial charge in [-0.3, -0.25) is 4.79 Å². The Morgan fingerprint density at radius 1 is 1.32 bits per heavy atom. The Balaban J connectivity index is 2.45.